The number of piperidine rings is 1. The first-order chi connectivity index (χ1) is 20.5. The SMILES string of the molecule is CCC1CC(N(C)C(=O)/C=C/c2cccc(OC(F)(F)F)c2)C2Oc3c(O)ccc4c3[C@@]23CCN(CC2CC2)[C@H](C4)[C@]13O. The van der Waals surface area contributed by atoms with Gasteiger partial charge < -0.3 is 24.6 Å². The number of amides is 1. The second-order valence-electron chi connectivity index (χ2n) is 13.0. The van der Waals surface area contributed by atoms with Crippen LogP contribution >= 0.6 is 0 Å². The van der Waals surface area contributed by atoms with Crippen LogP contribution in [0.2, 0.25) is 0 Å². The van der Waals surface area contributed by atoms with Crippen LogP contribution in [0.25, 0.3) is 6.08 Å². The molecule has 2 aromatic rings. The molecule has 0 aromatic heterocycles. The predicted octanol–water partition coefficient (Wildman–Crippen LogP) is 5.03. The lowest BCUT2D eigenvalue weighted by molar-refractivity contribution is -0.274. The lowest BCUT2D eigenvalue weighted by Gasteiger charge is -2.67. The number of hydrogen-bond acceptors (Lipinski definition) is 6. The summed E-state index contributed by atoms with van der Waals surface area (Å²) >= 11 is 0. The zero-order valence-electron chi connectivity index (χ0n) is 24.3. The molecule has 2 saturated carbocycles. The van der Waals surface area contributed by atoms with Crippen molar-refractivity contribution < 1.29 is 37.7 Å². The number of halogens is 3. The van der Waals surface area contributed by atoms with Crippen LogP contribution in [0.4, 0.5) is 13.2 Å². The average Bonchev–Trinajstić information content (AvgIpc) is 3.70. The molecule has 6 atom stereocenters. The standard InChI is InChI=1S/C33H37F3N2O5/c1-3-22-17-24(37(2)27(40)12-9-19-5-4-6-23(15-19)43-33(34,35)36)30-31-13-14-38(18-20-7-8-20)26(32(22,31)41)16-21-10-11-25(39)29(42-30)28(21)31/h4-6,9-12,15,20,22,24,26,30,39,41H,3,7-8,13-14,16-18H2,1-2H3/b12-9+/t22?,24?,26-,30?,31+,32-/m1/s1. The monoisotopic (exact) mass is 598 g/mol. The summed E-state index contributed by atoms with van der Waals surface area (Å²) in [4.78, 5) is 17.7. The fraction of sp³-hybridized carbons (Fsp3) is 0.545. The van der Waals surface area contributed by atoms with E-state index < -0.39 is 29.5 Å². The third kappa shape index (κ3) is 4.35. The van der Waals surface area contributed by atoms with Crippen molar-refractivity contribution in [1.82, 2.24) is 9.80 Å². The van der Waals surface area contributed by atoms with E-state index in [2.05, 4.69) is 16.6 Å². The van der Waals surface area contributed by atoms with Gasteiger partial charge in [-0.2, -0.15) is 0 Å². The predicted molar refractivity (Wildman–Crippen MR) is 153 cm³/mol. The summed E-state index contributed by atoms with van der Waals surface area (Å²) in [6.07, 6.45) is 2.52. The van der Waals surface area contributed by atoms with Crippen LogP contribution in [-0.4, -0.2) is 76.2 Å². The molecule has 7 rings (SSSR count). The summed E-state index contributed by atoms with van der Waals surface area (Å²) in [7, 11) is 1.71. The molecule has 7 nitrogen and oxygen atoms in total. The number of nitrogens with zero attached hydrogens (tertiary/aromatic N) is 2. The van der Waals surface area contributed by atoms with E-state index in [-0.39, 0.29) is 29.4 Å². The van der Waals surface area contributed by atoms with Crippen molar-refractivity contribution in [2.24, 2.45) is 11.8 Å². The largest absolute Gasteiger partial charge is 0.573 e. The normalized spacial score (nSPS) is 32.8. The van der Waals surface area contributed by atoms with E-state index in [9.17, 15) is 28.2 Å². The molecular formula is C33H37F3N2O5. The Morgan fingerprint density at radius 2 is 2.05 bits per heavy atom. The van der Waals surface area contributed by atoms with Gasteiger partial charge in [-0.3, -0.25) is 9.69 Å². The molecule has 5 aliphatic rings. The van der Waals surface area contributed by atoms with Gasteiger partial charge in [0.25, 0.3) is 0 Å². The molecule has 0 radical (unpaired) electrons. The number of carbonyl (C=O) groups is 1. The lowest BCUT2D eigenvalue weighted by atomic mass is 9.45. The molecule has 2 aliphatic heterocycles. The van der Waals surface area contributed by atoms with Crippen molar-refractivity contribution in [3.05, 3.63) is 59.2 Å². The van der Waals surface area contributed by atoms with E-state index >= 15 is 0 Å². The first-order valence-electron chi connectivity index (χ1n) is 15.3. The van der Waals surface area contributed by atoms with Crippen LogP contribution in [-0.2, 0) is 16.6 Å². The summed E-state index contributed by atoms with van der Waals surface area (Å²) < 4.78 is 48.7. The molecule has 2 bridgehead atoms. The third-order valence-electron chi connectivity index (χ3n) is 10.8. The first kappa shape index (κ1) is 28.5. The van der Waals surface area contributed by atoms with Gasteiger partial charge in [-0.25, -0.2) is 0 Å². The summed E-state index contributed by atoms with van der Waals surface area (Å²) in [5.41, 5.74) is 0.536. The summed E-state index contributed by atoms with van der Waals surface area (Å²) in [6, 6.07) is 8.63. The Balaban J connectivity index is 1.23. The minimum Gasteiger partial charge on any atom is -0.504 e. The van der Waals surface area contributed by atoms with Gasteiger partial charge >= 0.3 is 6.36 Å². The van der Waals surface area contributed by atoms with Crippen molar-refractivity contribution in [3.63, 3.8) is 0 Å². The van der Waals surface area contributed by atoms with E-state index in [0.29, 0.717) is 36.5 Å². The van der Waals surface area contributed by atoms with E-state index in [1.807, 2.05) is 6.07 Å². The maximum atomic E-state index is 13.6. The molecule has 3 aliphatic carbocycles. The van der Waals surface area contributed by atoms with Crippen molar-refractivity contribution in [2.75, 3.05) is 20.1 Å². The molecule has 10 heteroatoms. The molecule has 2 heterocycles. The number of carbonyl (C=O) groups excluding carboxylic acids is 1. The van der Waals surface area contributed by atoms with Crippen molar-refractivity contribution in [1.29, 1.82) is 0 Å². The van der Waals surface area contributed by atoms with Crippen molar-refractivity contribution in [3.8, 4) is 17.2 Å². The molecule has 1 saturated heterocycles. The Kier molecular flexibility index (Phi) is 6.56. The average molecular weight is 599 g/mol. The van der Waals surface area contributed by atoms with Crippen LogP contribution in [0.15, 0.2) is 42.5 Å². The Morgan fingerprint density at radius 1 is 1.26 bits per heavy atom. The van der Waals surface area contributed by atoms with Crippen LogP contribution in [0, 0.1) is 11.8 Å². The molecular weight excluding hydrogens is 561 g/mol. The highest BCUT2D eigenvalue weighted by molar-refractivity contribution is 5.92. The highest BCUT2D eigenvalue weighted by Crippen LogP contribution is 2.67. The summed E-state index contributed by atoms with van der Waals surface area (Å²) in [5, 5.41) is 24.0. The minimum absolute atomic E-state index is 0.0466. The molecule has 2 N–H and O–H groups in total. The number of ether oxygens (including phenoxy) is 2. The van der Waals surface area contributed by atoms with Gasteiger partial charge in [0, 0.05) is 31.3 Å². The number of phenolic OH excluding ortho intramolecular Hbond substituents is 1. The van der Waals surface area contributed by atoms with Crippen molar-refractivity contribution in [2.45, 2.75) is 81.0 Å². The second kappa shape index (κ2) is 9.89. The van der Waals surface area contributed by atoms with Gasteiger partial charge in [-0.05, 0) is 85.9 Å². The number of aliphatic hydroxyl groups is 1. The fourth-order valence-corrected chi connectivity index (χ4v) is 8.79. The Bertz CT molecular complexity index is 1470. The first-order valence-corrected chi connectivity index (χ1v) is 15.3. The van der Waals surface area contributed by atoms with E-state index in [0.717, 1.165) is 30.6 Å². The number of aromatic hydroxyl groups is 1. The molecule has 1 amide bonds. The minimum atomic E-state index is -4.81. The van der Waals surface area contributed by atoms with Gasteiger partial charge in [-0.1, -0.05) is 31.5 Å². The van der Waals surface area contributed by atoms with E-state index in [1.165, 1.54) is 43.2 Å². The maximum Gasteiger partial charge on any atom is 0.573 e. The Hall–Kier alpha value is -3.24. The molecule has 2 aromatic carbocycles. The fourth-order valence-electron chi connectivity index (χ4n) is 8.79. The molecule has 3 unspecified atom stereocenters. The third-order valence-corrected chi connectivity index (χ3v) is 10.8. The number of benzene rings is 2. The smallest absolute Gasteiger partial charge is 0.504 e. The maximum absolute atomic E-state index is 13.6. The highest BCUT2D eigenvalue weighted by Gasteiger charge is 2.75. The molecule has 1 spiro atoms. The van der Waals surface area contributed by atoms with Crippen LogP contribution < -0.4 is 9.47 Å². The summed E-state index contributed by atoms with van der Waals surface area (Å²) in [5.74, 6) is 0.352. The van der Waals surface area contributed by atoms with Crippen LogP contribution in [0.1, 0.15) is 55.7 Å². The zero-order chi connectivity index (χ0) is 30.3. The lowest BCUT2D eigenvalue weighted by Crippen LogP contribution is -2.81. The number of hydrogen-bond donors (Lipinski definition) is 2. The van der Waals surface area contributed by atoms with Crippen LogP contribution in [0.5, 0.6) is 17.2 Å². The number of likely N-dealkylation sites (tertiary alicyclic amines) is 1. The highest BCUT2D eigenvalue weighted by atomic mass is 19.4. The molecule has 43 heavy (non-hydrogen) atoms. The van der Waals surface area contributed by atoms with Gasteiger partial charge in [0.1, 0.15) is 11.9 Å². The number of likely N-dealkylation sites (N-methyl/N-ethyl adjacent to an activating group) is 1. The van der Waals surface area contributed by atoms with E-state index in [1.54, 1.807) is 24.1 Å². The number of rotatable bonds is 7. The van der Waals surface area contributed by atoms with Gasteiger partial charge in [0.2, 0.25) is 5.91 Å². The van der Waals surface area contributed by atoms with Gasteiger partial charge in [0.05, 0.1) is 17.1 Å². The number of alkyl halides is 3. The van der Waals surface area contributed by atoms with Gasteiger partial charge in [-0.15, -0.1) is 13.2 Å². The number of phenols is 1. The zero-order valence-corrected chi connectivity index (χ0v) is 24.3. The quantitative estimate of drug-likeness (QED) is 0.435. The summed E-state index contributed by atoms with van der Waals surface area (Å²) in [6.45, 7) is 3.88. The van der Waals surface area contributed by atoms with Gasteiger partial charge in [0.15, 0.2) is 11.5 Å². The van der Waals surface area contributed by atoms with E-state index in [4.69, 9.17) is 4.74 Å². The molecule has 230 valence electrons. The Labute approximate surface area is 248 Å². The topological polar surface area (TPSA) is 82.5 Å². The molecule has 3 fully saturated rings. The Morgan fingerprint density at radius 3 is 2.77 bits per heavy atom. The second-order valence-corrected chi connectivity index (χ2v) is 13.0. The van der Waals surface area contributed by atoms with Crippen LogP contribution in [0.3, 0.4) is 0 Å². The van der Waals surface area contributed by atoms with Crippen molar-refractivity contribution >= 4 is 12.0 Å².